The van der Waals surface area contributed by atoms with Crippen molar-refractivity contribution in [3.8, 4) is 5.75 Å². The summed E-state index contributed by atoms with van der Waals surface area (Å²) in [6.07, 6.45) is 1.24. The van der Waals surface area contributed by atoms with Gasteiger partial charge in [0, 0.05) is 12.2 Å². The number of ether oxygens (including phenoxy) is 1. The molecule has 0 radical (unpaired) electrons. The highest BCUT2D eigenvalue weighted by Crippen LogP contribution is 2.32. The molecule has 3 rings (SSSR count). The predicted molar refractivity (Wildman–Crippen MR) is 86.6 cm³/mol. The molecule has 0 saturated heterocycles. The van der Waals surface area contributed by atoms with Gasteiger partial charge in [0.05, 0.1) is 12.1 Å². The molecule has 0 aromatic heterocycles. The Morgan fingerprint density at radius 1 is 1.19 bits per heavy atom. The van der Waals surface area contributed by atoms with Crippen molar-refractivity contribution in [2.45, 2.75) is 32.4 Å². The van der Waals surface area contributed by atoms with Crippen LogP contribution in [-0.2, 0) is 6.42 Å². The molecule has 0 saturated carbocycles. The number of hydrogen-bond acceptors (Lipinski definition) is 3. The van der Waals surface area contributed by atoms with Crippen molar-refractivity contribution in [1.29, 1.82) is 0 Å². The number of anilines is 1. The highest BCUT2D eigenvalue weighted by atomic mass is 16.5. The predicted octanol–water partition coefficient (Wildman–Crippen LogP) is 3.29. The fourth-order valence-corrected chi connectivity index (χ4v) is 2.91. The number of nitrogens with one attached hydrogen (secondary N) is 1. The molecule has 3 nitrogen and oxygen atoms in total. The quantitative estimate of drug-likeness (QED) is 0.849. The molecule has 3 heteroatoms. The van der Waals surface area contributed by atoms with Crippen LogP contribution in [0.15, 0.2) is 42.5 Å². The lowest BCUT2D eigenvalue weighted by Gasteiger charge is -2.28. The fourth-order valence-electron chi connectivity index (χ4n) is 2.91. The molecule has 110 valence electrons. The summed E-state index contributed by atoms with van der Waals surface area (Å²) < 4.78 is 5.84. The monoisotopic (exact) mass is 282 g/mol. The lowest BCUT2D eigenvalue weighted by atomic mass is 9.89. The molecule has 1 unspecified atom stereocenters. The number of nitrogens with two attached hydrogens (primary N) is 1. The molecule has 0 amide bonds. The number of nitrogen functional groups attached to an aromatic ring is 1. The minimum absolute atomic E-state index is 0.186. The Balaban J connectivity index is 1.99. The number of hydrogen-bond donors (Lipinski definition) is 2. The summed E-state index contributed by atoms with van der Waals surface area (Å²) in [6, 6.07) is 14.7. The van der Waals surface area contributed by atoms with Crippen LogP contribution in [0.4, 0.5) is 5.69 Å². The second-order valence-electron chi connectivity index (χ2n) is 5.83. The molecule has 0 fully saturated rings. The lowest BCUT2D eigenvalue weighted by molar-refractivity contribution is 0.242. The number of rotatable bonds is 3. The summed E-state index contributed by atoms with van der Waals surface area (Å²) in [7, 11) is 0. The van der Waals surface area contributed by atoms with Gasteiger partial charge in [-0.3, -0.25) is 0 Å². The molecular weight excluding hydrogens is 260 g/mol. The smallest absolute Gasteiger partial charge is 0.120 e. The first-order chi connectivity index (χ1) is 10.1. The van der Waals surface area contributed by atoms with Gasteiger partial charge in [-0.1, -0.05) is 18.2 Å². The van der Waals surface area contributed by atoms with E-state index in [0.29, 0.717) is 0 Å². The summed E-state index contributed by atoms with van der Waals surface area (Å²) in [5.41, 5.74) is 10.6. The van der Waals surface area contributed by atoms with Crippen LogP contribution in [0.1, 0.15) is 36.6 Å². The zero-order chi connectivity index (χ0) is 14.8. The van der Waals surface area contributed by atoms with Crippen molar-refractivity contribution >= 4 is 5.69 Å². The highest BCUT2D eigenvalue weighted by molar-refractivity contribution is 5.48. The van der Waals surface area contributed by atoms with E-state index in [2.05, 4.69) is 29.6 Å². The maximum atomic E-state index is 5.93. The summed E-state index contributed by atoms with van der Waals surface area (Å²) in [5, 5.41) is 3.59. The third-order valence-electron chi connectivity index (χ3n) is 3.79. The Morgan fingerprint density at radius 3 is 2.81 bits per heavy atom. The second kappa shape index (κ2) is 5.78. The highest BCUT2D eigenvalue weighted by Gasteiger charge is 2.22. The molecule has 1 heterocycles. The summed E-state index contributed by atoms with van der Waals surface area (Å²) in [4.78, 5) is 0. The van der Waals surface area contributed by atoms with Crippen LogP contribution in [0.3, 0.4) is 0 Å². The second-order valence-corrected chi connectivity index (χ2v) is 5.83. The zero-order valence-electron chi connectivity index (χ0n) is 12.6. The van der Waals surface area contributed by atoms with Gasteiger partial charge in [-0.25, -0.2) is 0 Å². The molecule has 1 atom stereocenters. The van der Waals surface area contributed by atoms with Crippen LogP contribution < -0.4 is 15.8 Å². The molecular formula is C18H22N2O. The Morgan fingerprint density at radius 2 is 2.05 bits per heavy atom. The first kappa shape index (κ1) is 14.0. The van der Waals surface area contributed by atoms with Crippen LogP contribution >= 0.6 is 0 Å². The van der Waals surface area contributed by atoms with Gasteiger partial charge in [0.2, 0.25) is 0 Å². The molecule has 1 aliphatic rings. The van der Waals surface area contributed by atoms with E-state index in [9.17, 15) is 0 Å². The maximum absolute atomic E-state index is 5.93. The maximum Gasteiger partial charge on any atom is 0.120 e. The van der Waals surface area contributed by atoms with Gasteiger partial charge in [-0.2, -0.15) is 0 Å². The van der Waals surface area contributed by atoms with Gasteiger partial charge < -0.3 is 15.8 Å². The number of benzene rings is 2. The van der Waals surface area contributed by atoms with Crippen LogP contribution in [0, 0.1) is 0 Å². The minimum Gasteiger partial charge on any atom is -0.491 e. The van der Waals surface area contributed by atoms with Crippen LogP contribution in [0.2, 0.25) is 0 Å². The summed E-state index contributed by atoms with van der Waals surface area (Å²) >= 11 is 0. The summed E-state index contributed by atoms with van der Waals surface area (Å²) in [5.74, 6) is 0.932. The number of fused-ring (bicyclic) bond motifs is 1. The van der Waals surface area contributed by atoms with E-state index >= 15 is 0 Å². The average Bonchev–Trinajstić information content (AvgIpc) is 2.46. The van der Waals surface area contributed by atoms with Crippen molar-refractivity contribution in [1.82, 2.24) is 5.32 Å². The third kappa shape index (κ3) is 3.03. The van der Waals surface area contributed by atoms with Crippen molar-refractivity contribution in [2.75, 3.05) is 12.3 Å². The van der Waals surface area contributed by atoms with Crippen LogP contribution in [0.5, 0.6) is 5.75 Å². The van der Waals surface area contributed by atoms with Gasteiger partial charge in [0.15, 0.2) is 0 Å². The van der Waals surface area contributed by atoms with Crippen molar-refractivity contribution in [3.05, 3.63) is 59.2 Å². The van der Waals surface area contributed by atoms with Gasteiger partial charge in [-0.05, 0) is 61.2 Å². The molecule has 3 N–H and O–H groups in total. The molecule has 0 spiro atoms. The Bertz CT molecular complexity index is 637. The van der Waals surface area contributed by atoms with E-state index in [1.54, 1.807) is 0 Å². The Hall–Kier alpha value is -2.00. The van der Waals surface area contributed by atoms with Gasteiger partial charge in [0.1, 0.15) is 5.75 Å². The largest absolute Gasteiger partial charge is 0.491 e. The third-order valence-corrected chi connectivity index (χ3v) is 3.79. The normalized spacial score (nSPS) is 17.6. The standard InChI is InChI=1S/C18H22N2O/c1-12(2)21-16-7-6-13-8-9-20-18(17(13)11-16)14-4-3-5-15(19)10-14/h3-7,10-12,18,20H,8-9,19H2,1-2H3. The topological polar surface area (TPSA) is 47.3 Å². The van der Waals surface area contributed by atoms with E-state index in [1.165, 1.54) is 16.7 Å². The molecule has 1 aliphatic heterocycles. The van der Waals surface area contributed by atoms with Gasteiger partial charge in [-0.15, -0.1) is 0 Å². The van der Waals surface area contributed by atoms with Crippen LogP contribution in [0.25, 0.3) is 0 Å². The van der Waals surface area contributed by atoms with E-state index in [4.69, 9.17) is 10.5 Å². The van der Waals surface area contributed by atoms with Crippen molar-refractivity contribution < 1.29 is 4.74 Å². The van der Waals surface area contributed by atoms with Crippen molar-refractivity contribution in [3.63, 3.8) is 0 Å². The average molecular weight is 282 g/mol. The van der Waals surface area contributed by atoms with Gasteiger partial charge >= 0.3 is 0 Å². The molecule has 2 aromatic rings. The fraction of sp³-hybridized carbons (Fsp3) is 0.333. The van der Waals surface area contributed by atoms with E-state index in [0.717, 1.165) is 24.4 Å². The van der Waals surface area contributed by atoms with E-state index in [1.807, 2.05) is 32.0 Å². The van der Waals surface area contributed by atoms with Crippen LogP contribution in [-0.4, -0.2) is 12.6 Å². The zero-order valence-corrected chi connectivity index (χ0v) is 12.6. The first-order valence-corrected chi connectivity index (χ1v) is 7.52. The van der Waals surface area contributed by atoms with E-state index < -0.39 is 0 Å². The van der Waals surface area contributed by atoms with E-state index in [-0.39, 0.29) is 12.1 Å². The molecule has 0 aliphatic carbocycles. The summed E-state index contributed by atoms with van der Waals surface area (Å²) in [6.45, 7) is 5.08. The molecule has 2 aromatic carbocycles. The SMILES string of the molecule is CC(C)Oc1ccc2c(c1)C(c1cccc(N)c1)NCC2. The van der Waals surface area contributed by atoms with Crippen molar-refractivity contribution in [2.24, 2.45) is 0 Å². The minimum atomic E-state index is 0.186. The Kier molecular flexibility index (Phi) is 3.84. The van der Waals surface area contributed by atoms with Gasteiger partial charge in [0.25, 0.3) is 0 Å². The molecule has 0 bridgehead atoms. The lowest BCUT2D eigenvalue weighted by Crippen LogP contribution is -2.30. The molecule has 21 heavy (non-hydrogen) atoms. The Labute approximate surface area is 126 Å². The first-order valence-electron chi connectivity index (χ1n) is 7.52.